The van der Waals surface area contributed by atoms with Gasteiger partial charge in [-0.2, -0.15) is 5.10 Å². The van der Waals surface area contributed by atoms with Crippen molar-refractivity contribution >= 4 is 33.0 Å². The van der Waals surface area contributed by atoms with Crippen LogP contribution in [0.25, 0.3) is 15.7 Å². The molecule has 3 heterocycles. The highest BCUT2D eigenvalue weighted by Gasteiger charge is 2.12. The van der Waals surface area contributed by atoms with Crippen LogP contribution in [0.15, 0.2) is 23.3 Å². The van der Waals surface area contributed by atoms with E-state index in [4.69, 9.17) is 4.74 Å². The number of hydrogen-bond donors (Lipinski definition) is 0. The molecule has 7 heteroatoms. The van der Waals surface area contributed by atoms with Gasteiger partial charge < -0.3 is 4.74 Å². The molecule has 23 heavy (non-hydrogen) atoms. The first kappa shape index (κ1) is 15.7. The van der Waals surface area contributed by atoms with Gasteiger partial charge in [0, 0.05) is 17.8 Å². The minimum absolute atomic E-state index is 0.127. The number of esters is 1. The number of ether oxygens (including phenoxy) is 1. The second-order valence-corrected chi connectivity index (χ2v) is 6.45. The number of aryl methyl sites for hydroxylation is 2. The van der Waals surface area contributed by atoms with Crippen molar-refractivity contribution < 1.29 is 9.53 Å². The van der Waals surface area contributed by atoms with Crippen molar-refractivity contribution in [1.82, 2.24) is 14.2 Å². The van der Waals surface area contributed by atoms with Crippen molar-refractivity contribution in [2.75, 3.05) is 6.61 Å². The second kappa shape index (κ2) is 6.54. The molecule has 3 rings (SSSR count). The van der Waals surface area contributed by atoms with Crippen molar-refractivity contribution in [3.8, 4) is 0 Å². The molecular formula is C16H19N3O3S. The Bertz CT molecular complexity index is 906. The first-order valence-electron chi connectivity index (χ1n) is 7.79. The highest BCUT2D eigenvalue weighted by molar-refractivity contribution is 7.19. The molecule has 0 unspecified atom stereocenters. The molecule has 6 nitrogen and oxygen atoms in total. The zero-order valence-corrected chi connectivity index (χ0v) is 14.1. The molecule has 0 aliphatic carbocycles. The van der Waals surface area contributed by atoms with Crippen LogP contribution in [-0.2, 0) is 22.5 Å². The lowest BCUT2D eigenvalue weighted by atomic mass is 10.3. The Morgan fingerprint density at radius 2 is 2.13 bits per heavy atom. The number of carbonyl (C=O) groups excluding carboxylic acids is 1. The van der Waals surface area contributed by atoms with Crippen LogP contribution in [0.4, 0.5) is 0 Å². The summed E-state index contributed by atoms with van der Waals surface area (Å²) in [6, 6.07) is 4.03. The molecule has 3 aromatic heterocycles. The summed E-state index contributed by atoms with van der Waals surface area (Å²) in [6.45, 7) is 4.68. The molecule has 0 N–H and O–H groups in total. The Morgan fingerprint density at radius 3 is 2.87 bits per heavy atom. The molecule has 0 saturated carbocycles. The van der Waals surface area contributed by atoms with Gasteiger partial charge in [0.15, 0.2) is 0 Å². The van der Waals surface area contributed by atoms with E-state index < -0.39 is 0 Å². The highest BCUT2D eigenvalue weighted by Crippen LogP contribution is 2.28. The average Bonchev–Trinajstić information content (AvgIpc) is 3.08. The fraction of sp³-hybridized carbons (Fsp3) is 0.438. The molecule has 0 atom stereocenters. The minimum Gasteiger partial charge on any atom is -0.466 e. The molecule has 0 amide bonds. The Labute approximate surface area is 137 Å². The van der Waals surface area contributed by atoms with E-state index in [1.807, 2.05) is 10.5 Å². The summed E-state index contributed by atoms with van der Waals surface area (Å²) in [6.07, 6.45) is 3.50. The molecule has 3 aromatic rings. The monoisotopic (exact) mass is 333 g/mol. The van der Waals surface area contributed by atoms with Gasteiger partial charge in [0.25, 0.3) is 5.56 Å². The molecular weight excluding hydrogens is 314 g/mol. The lowest BCUT2D eigenvalue weighted by molar-refractivity contribution is -0.143. The van der Waals surface area contributed by atoms with E-state index in [-0.39, 0.29) is 11.5 Å². The van der Waals surface area contributed by atoms with Gasteiger partial charge in [-0.15, -0.1) is 11.3 Å². The van der Waals surface area contributed by atoms with Crippen molar-refractivity contribution in [3.63, 3.8) is 0 Å². The van der Waals surface area contributed by atoms with E-state index in [9.17, 15) is 9.59 Å². The standard InChI is InChI=1S/C16H19N3O3S/c1-3-11-8-12-14(23-11)9-13-16(21)19(17-10-18(12)13)7-5-6-15(20)22-4-2/h8-10H,3-7H2,1-2H3. The number of nitrogens with zero attached hydrogens (tertiary/aromatic N) is 3. The summed E-state index contributed by atoms with van der Waals surface area (Å²) in [5.41, 5.74) is 1.53. The quantitative estimate of drug-likeness (QED) is 0.651. The molecule has 0 aliphatic heterocycles. The summed E-state index contributed by atoms with van der Waals surface area (Å²) in [4.78, 5) is 25.2. The molecule has 0 radical (unpaired) electrons. The summed E-state index contributed by atoms with van der Waals surface area (Å²) < 4.78 is 9.24. The van der Waals surface area contributed by atoms with Crippen molar-refractivity contribution in [2.45, 2.75) is 39.7 Å². The van der Waals surface area contributed by atoms with Crippen LogP contribution in [0.5, 0.6) is 0 Å². The number of carbonyl (C=O) groups is 1. The Morgan fingerprint density at radius 1 is 1.30 bits per heavy atom. The van der Waals surface area contributed by atoms with Gasteiger partial charge in [0.2, 0.25) is 0 Å². The maximum absolute atomic E-state index is 12.5. The van der Waals surface area contributed by atoms with Crippen LogP contribution in [0.2, 0.25) is 0 Å². The normalized spacial score (nSPS) is 11.4. The Kier molecular flexibility index (Phi) is 4.47. The predicted octanol–water partition coefficient (Wildman–Crippen LogP) is 2.62. The largest absolute Gasteiger partial charge is 0.466 e. The van der Waals surface area contributed by atoms with Gasteiger partial charge in [-0.3, -0.25) is 14.0 Å². The lowest BCUT2D eigenvalue weighted by Crippen LogP contribution is -2.24. The van der Waals surface area contributed by atoms with Crippen LogP contribution in [-0.4, -0.2) is 26.8 Å². The second-order valence-electron chi connectivity index (χ2n) is 5.28. The molecule has 122 valence electrons. The van der Waals surface area contributed by atoms with E-state index in [2.05, 4.69) is 18.1 Å². The zero-order valence-electron chi connectivity index (χ0n) is 13.2. The molecule has 0 aromatic carbocycles. The fourth-order valence-corrected chi connectivity index (χ4v) is 3.62. The SMILES string of the molecule is CCOC(=O)CCCn1ncn2c(cc3sc(CC)cc32)c1=O. The Balaban J connectivity index is 1.84. The van der Waals surface area contributed by atoms with Crippen molar-refractivity contribution in [2.24, 2.45) is 0 Å². The smallest absolute Gasteiger partial charge is 0.305 e. The van der Waals surface area contributed by atoms with Gasteiger partial charge >= 0.3 is 5.97 Å². The summed E-state index contributed by atoms with van der Waals surface area (Å²) in [5, 5.41) is 4.23. The Hall–Kier alpha value is -2.15. The van der Waals surface area contributed by atoms with Crippen LogP contribution >= 0.6 is 11.3 Å². The lowest BCUT2D eigenvalue weighted by Gasteiger charge is -2.05. The zero-order chi connectivity index (χ0) is 16.4. The summed E-state index contributed by atoms with van der Waals surface area (Å²) in [7, 11) is 0. The maximum atomic E-state index is 12.5. The number of hydrogen-bond acceptors (Lipinski definition) is 5. The first-order chi connectivity index (χ1) is 11.1. The van der Waals surface area contributed by atoms with Crippen molar-refractivity contribution in [3.05, 3.63) is 33.7 Å². The topological polar surface area (TPSA) is 65.6 Å². The van der Waals surface area contributed by atoms with Crippen molar-refractivity contribution in [1.29, 1.82) is 0 Å². The molecule has 0 saturated heterocycles. The van der Waals surface area contributed by atoms with Crippen LogP contribution in [0, 0.1) is 0 Å². The summed E-state index contributed by atoms with van der Waals surface area (Å²) >= 11 is 1.71. The van der Waals surface area contributed by atoms with Gasteiger partial charge in [0.05, 0.1) is 16.8 Å². The van der Waals surface area contributed by atoms with E-state index in [1.165, 1.54) is 9.56 Å². The minimum atomic E-state index is -0.239. The number of aromatic nitrogens is 3. The third-order valence-electron chi connectivity index (χ3n) is 3.74. The van der Waals surface area contributed by atoms with E-state index in [0.717, 1.165) is 16.6 Å². The van der Waals surface area contributed by atoms with E-state index in [0.29, 0.717) is 31.5 Å². The first-order valence-corrected chi connectivity index (χ1v) is 8.61. The maximum Gasteiger partial charge on any atom is 0.305 e. The molecule has 0 aliphatic rings. The number of rotatable bonds is 6. The molecule has 0 fully saturated rings. The average molecular weight is 333 g/mol. The molecule has 0 spiro atoms. The van der Waals surface area contributed by atoms with Crippen LogP contribution in [0.1, 0.15) is 31.6 Å². The number of thiophene rings is 1. The third kappa shape index (κ3) is 3.01. The van der Waals surface area contributed by atoms with Gasteiger partial charge in [-0.05, 0) is 31.9 Å². The van der Waals surface area contributed by atoms with Crippen LogP contribution < -0.4 is 5.56 Å². The van der Waals surface area contributed by atoms with Gasteiger partial charge in [0.1, 0.15) is 11.8 Å². The van der Waals surface area contributed by atoms with Gasteiger partial charge in [-0.25, -0.2) is 4.68 Å². The molecule has 0 bridgehead atoms. The highest BCUT2D eigenvalue weighted by atomic mass is 32.1. The van der Waals surface area contributed by atoms with Crippen LogP contribution in [0.3, 0.4) is 0 Å². The number of fused-ring (bicyclic) bond motifs is 3. The predicted molar refractivity (Wildman–Crippen MR) is 90.1 cm³/mol. The third-order valence-corrected chi connectivity index (χ3v) is 4.96. The fourth-order valence-electron chi connectivity index (χ4n) is 2.59. The van der Waals surface area contributed by atoms with E-state index in [1.54, 1.807) is 24.6 Å². The van der Waals surface area contributed by atoms with Gasteiger partial charge in [-0.1, -0.05) is 6.92 Å². The van der Waals surface area contributed by atoms with E-state index >= 15 is 0 Å². The summed E-state index contributed by atoms with van der Waals surface area (Å²) in [5.74, 6) is -0.239.